The fraction of sp³-hybridized carbons (Fsp3) is 0.833. The van der Waals surface area contributed by atoms with Crippen molar-refractivity contribution < 1.29 is 32.2 Å². The van der Waals surface area contributed by atoms with Gasteiger partial charge in [0.25, 0.3) is 5.91 Å². The zero-order valence-electron chi connectivity index (χ0n) is 9.00. The molecule has 0 rings (SSSR count). The van der Waals surface area contributed by atoms with Crippen LogP contribution in [0.2, 0.25) is 0 Å². The minimum atomic E-state index is -4.88. The third-order valence-corrected chi connectivity index (χ3v) is 4.67. The van der Waals surface area contributed by atoms with Gasteiger partial charge in [0.1, 0.15) is 4.75 Å². The van der Waals surface area contributed by atoms with E-state index in [1.807, 2.05) is 0 Å². The number of carbonyl (C=O) groups excluding carboxylic acids is 1. The lowest BCUT2D eigenvalue weighted by Crippen LogP contribution is -2.49. The van der Waals surface area contributed by atoms with Gasteiger partial charge in [-0.2, -0.15) is 4.62 Å². The molecular formula is C6H14NO7PS. The van der Waals surface area contributed by atoms with Crippen LogP contribution in [0.25, 0.3) is 0 Å². The van der Waals surface area contributed by atoms with E-state index in [4.69, 9.17) is 9.79 Å². The van der Waals surface area contributed by atoms with Crippen LogP contribution < -0.4 is 5.48 Å². The lowest BCUT2D eigenvalue weighted by Gasteiger charge is -2.24. The van der Waals surface area contributed by atoms with Gasteiger partial charge < -0.3 is 9.79 Å². The lowest BCUT2D eigenvalue weighted by atomic mass is 10.1. The second-order valence-corrected chi connectivity index (χ2v) is 6.98. The zero-order chi connectivity index (χ0) is 13.2. The summed E-state index contributed by atoms with van der Waals surface area (Å²) in [6.07, 6.45) is 0.801. The molecule has 0 saturated carbocycles. The van der Waals surface area contributed by atoms with Crippen molar-refractivity contribution in [3.05, 3.63) is 0 Å². The van der Waals surface area contributed by atoms with E-state index in [2.05, 4.69) is 4.62 Å². The molecule has 0 spiro atoms. The van der Waals surface area contributed by atoms with E-state index in [9.17, 15) is 17.8 Å². The molecule has 10 heteroatoms. The average molecular weight is 275 g/mol. The Hall–Kier alpha value is -0.470. The van der Waals surface area contributed by atoms with Gasteiger partial charge in [0, 0.05) is 6.26 Å². The fourth-order valence-corrected chi connectivity index (χ4v) is 1.90. The standard InChI is InChI=1S/C6H14NO7PS/c1-4-6(2,16(3,12)13)5(8)7-14-15(9,10)11/h4H2,1-3H3,(H,7,8)(H2,9,10,11). The van der Waals surface area contributed by atoms with Crippen LogP contribution >= 0.6 is 7.82 Å². The van der Waals surface area contributed by atoms with Crippen LogP contribution in [0.3, 0.4) is 0 Å². The minimum Gasteiger partial charge on any atom is -0.301 e. The van der Waals surface area contributed by atoms with Crippen LogP contribution in [0.1, 0.15) is 20.3 Å². The molecule has 1 amide bonds. The molecule has 0 aromatic rings. The van der Waals surface area contributed by atoms with Crippen molar-refractivity contribution >= 4 is 23.6 Å². The molecule has 1 unspecified atom stereocenters. The van der Waals surface area contributed by atoms with E-state index < -0.39 is 28.3 Å². The summed E-state index contributed by atoms with van der Waals surface area (Å²) in [5.41, 5.74) is 1.44. The number of carbonyl (C=O) groups is 1. The fourth-order valence-electron chi connectivity index (χ4n) is 0.800. The number of hydroxylamine groups is 1. The Kier molecular flexibility index (Phi) is 4.66. The Balaban J connectivity index is 4.90. The zero-order valence-corrected chi connectivity index (χ0v) is 10.7. The summed E-state index contributed by atoms with van der Waals surface area (Å²) in [6, 6.07) is 0. The van der Waals surface area contributed by atoms with E-state index in [1.165, 1.54) is 12.4 Å². The molecule has 0 fully saturated rings. The summed E-state index contributed by atoms with van der Waals surface area (Å²) in [7, 11) is -8.61. The Morgan fingerprint density at radius 1 is 1.50 bits per heavy atom. The quantitative estimate of drug-likeness (QED) is 0.448. The number of amides is 1. The highest BCUT2D eigenvalue weighted by molar-refractivity contribution is 7.92. The topological polar surface area (TPSA) is 130 Å². The van der Waals surface area contributed by atoms with E-state index in [-0.39, 0.29) is 6.42 Å². The number of nitrogens with one attached hydrogen (secondary N) is 1. The first kappa shape index (κ1) is 15.5. The number of hydrogen-bond acceptors (Lipinski definition) is 5. The highest BCUT2D eigenvalue weighted by atomic mass is 32.2. The molecular weight excluding hydrogens is 261 g/mol. The number of hydrogen-bond donors (Lipinski definition) is 3. The van der Waals surface area contributed by atoms with E-state index in [0.29, 0.717) is 0 Å². The molecule has 0 saturated heterocycles. The molecule has 1 atom stereocenters. The van der Waals surface area contributed by atoms with Crippen molar-refractivity contribution in [2.45, 2.75) is 25.0 Å². The van der Waals surface area contributed by atoms with Crippen LogP contribution in [0.5, 0.6) is 0 Å². The summed E-state index contributed by atoms with van der Waals surface area (Å²) in [5, 5.41) is 0. The molecule has 0 bridgehead atoms. The van der Waals surface area contributed by atoms with Crippen molar-refractivity contribution in [3.63, 3.8) is 0 Å². The molecule has 0 aliphatic heterocycles. The summed E-state index contributed by atoms with van der Waals surface area (Å²) in [4.78, 5) is 28.1. The number of sulfone groups is 1. The maximum atomic E-state index is 11.4. The van der Waals surface area contributed by atoms with Gasteiger partial charge in [0.15, 0.2) is 9.84 Å². The van der Waals surface area contributed by atoms with E-state index in [0.717, 1.165) is 13.2 Å². The molecule has 0 radical (unpaired) electrons. The molecule has 0 aromatic heterocycles. The van der Waals surface area contributed by atoms with Crippen molar-refractivity contribution in [1.82, 2.24) is 5.48 Å². The van der Waals surface area contributed by atoms with Gasteiger partial charge in [-0.3, -0.25) is 4.79 Å². The van der Waals surface area contributed by atoms with Crippen LogP contribution in [0.15, 0.2) is 0 Å². The first-order valence-corrected chi connectivity index (χ1v) is 7.60. The minimum absolute atomic E-state index is 0.0534. The second kappa shape index (κ2) is 4.80. The highest BCUT2D eigenvalue weighted by Crippen LogP contribution is 2.34. The van der Waals surface area contributed by atoms with Gasteiger partial charge in [0.05, 0.1) is 0 Å². The average Bonchev–Trinajstić information content (AvgIpc) is 2.09. The van der Waals surface area contributed by atoms with Crippen LogP contribution in [-0.2, 0) is 23.8 Å². The van der Waals surface area contributed by atoms with Gasteiger partial charge in [0.2, 0.25) is 0 Å². The van der Waals surface area contributed by atoms with Gasteiger partial charge in [-0.25, -0.2) is 18.5 Å². The summed E-state index contributed by atoms with van der Waals surface area (Å²) < 4.78 is 34.9. The van der Waals surface area contributed by atoms with Crippen molar-refractivity contribution in [2.24, 2.45) is 0 Å². The lowest BCUT2D eigenvalue weighted by molar-refractivity contribution is -0.131. The Morgan fingerprint density at radius 2 is 1.94 bits per heavy atom. The monoisotopic (exact) mass is 275 g/mol. The van der Waals surface area contributed by atoms with Gasteiger partial charge >= 0.3 is 7.82 Å². The normalized spacial score (nSPS) is 16.6. The van der Waals surface area contributed by atoms with Crippen molar-refractivity contribution in [2.75, 3.05) is 6.26 Å². The third-order valence-electron chi connectivity index (χ3n) is 2.23. The van der Waals surface area contributed by atoms with Crippen LogP contribution in [0, 0.1) is 0 Å². The molecule has 0 aliphatic rings. The van der Waals surface area contributed by atoms with E-state index in [1.54, 1.807) is 0 Å². The van der Waals surface area contributed by atoms with Gasteiger partial charge in [-0.05, 0) is 13.3 Å². The Labute approximate surface area is 93.1 Å². The Bertz CT molecular complexity index is 413. The predicted octanol–water partition coefficient (Wildman–Crippen LogP) is -0.660. The molecule has 96 valence electrons. The largest absolute Gasteiger partial charge is 0.491 e. The van der Waals surface area contributed by atoms with Crippen LogP contribution in [-0.4, -0.2) is 35.1 Å². The number of phosphoric acid groups is 1. The third kappa shape index (κ3) is 3.84. The number of rotatable bonds is 5. The van der Waals surface area contributed by atoms with Gasteiger partial charge in [-0.15, -0.1) is 0 Å². The summed E-state index contributed by atoms with van der Waals surface area (Å²) in [6.45, 7) is 2.60. The first-order valence-electron chi connectivity index (χ1n) is 4.18. The Morgan fingerprint density at radius 3 is 2.19 bits per heavy atom. The summed E-state index contributed by atoms with van der Waals surface area (Å²) >= 11 is 0. The van der Waals surface area contributed by atoms with Crippen molar-refractivity contribution in [1.29, 1.82) is 0 Å². The smallest absolute Gasteiger partial charge is 0.301 e. The molecule has 0 aromatic carbocycles. The predicted molar refractivity (Wildman–Crippen MR) is 54.8 cm³/mol. The van der Waals surface area contributed by atoms with Crippen LogP contribution in [0.4, 0.5) is 0 Å². The van der Waals surface area contributed by atoms with Gasteiger partial charge in [-0.1, -0.05) is 6.92 Å². The molecule has 16 heavy (non-hydrogen) atoms. The molecule has 0 heterocycles. The summed E-state index contributed by atoms with van der Waals surface area (Å²) in [5.74, 6) is -1.12. The maximum Gasteiger partial charge on any atom is 0.491 e. The molecule has 8 nitrogen and oxygen atoms in total. The molecule has 0 aliphatic carbocycles. The molecule has 3 N–H and O–H groups in total. The highest BCUT2D eigenvalue weighted by Gasteiger charge is 2.42. The SMILES string of the molecule is CCC(C)(C(=O)NOP(=O)(O)O)S(C)(=O)=O. The first-order chi connectivity index (χ1) is 6.94. The maximum absolute atomic E-state index is 11.4. The van der Waals surface area contributed by atoms with Crippen molar-refractivity contribution in [3.8, 4) is 0 Å². The van der Waals surface area contributed by atoms with E-state index >= 15 is 0 Å². The second-order valence-electron chi connectivity index (χ2n) is 3.37.